The molecule has 0 aromatic carbocycles. The highest BCUT2D eigenvalue weighted by Gasteiger charge is 2.68. The zero-order valence-corrected chi connectivity index (χ0v) is 30.5. The number of unbranched alkanes of at least 4 members (excludes halogenated alkanes) is 1. The number of alkyl carbamates (subject to hydrolysis) is 1. The number of urea groups is 1. The molecule has 5 aliphatic rings. The molecule has 5 fully saturated rings. The Labute approximate surface area is 276 Å². The molecule has 46 heavy (non-hydrogen) atoms. The smallest absolute Gasteiger partial charge is 0.444 e. The molecule has 0 radical (unpaired) electrons. The number of primary amides is 1. The summed E-state index contributed by atoms with van der Waals surface area (Å²) in [6.45, 7) is 19.4. The second-order valence-electron chi connectivity index (χ2n) is 16.9. The van der Waals surface area contributed by atoms with Gasteiger partial charge in [-0.25, -0.2) is 9.59 Å². The molecule has 3 aliphatic carbocycles. The molecule has 3 saturated carbocycles. The number of ether oxygens (including phenoxy) is 1. The molecule has 7 atom stereocenters. The molecule has 5 N–H and O–H groups in total. The fraction of sp³-hybridized carbons (Fsp3) is 0.875. The highest BCUT2D eigenvalue weighted by Crippen LogP contribution is 2.65. The lowest BCUT2D eigenvalue weighted by Crippen LogP contribution is -2.65. The van der Waals surface area contributed by atoms with E-state index in [-0.39, 0.29) is 23.3 Å². The van der Waals surface area contributed by atoms with Gasteiger partial charge in [0.15, 0.2) is 0 Å². The van der Waals surface area contributed by atoms with Crippen molar-refractivity contribution < 1.29 is 33.2 Å². The lowest BCUT2D eigenvalue weighted by Gasteiger charge is -2.64. The van der Waals surface area contributed by atoms with Crippen LogP contribution in [0.4, 0.5) is 9.59 Å². The minimum atomic E-state index is -1.80. The van der Waals surface area contributed by atoms with E-state index in [0.29, 0.717) is 63.1 Å². The molecule has 14 heteroatoms. The predicted octanol–water partition coefficient (Wildman–Crippen LogP) is 3.80. The highest BCUT2D eigenvalue weighted by molar-refractivity contribution is 6.76. The number of likely N-dealkylation sites (tertiary alicyclic amines) is 1. The zero-order valence-electron chi connectivity index (χ0n) is 29.5. The van der Waals surface area contributed by atoms with Crippen LogP contribution in [0.1, 0.15) is 86.5 Å². The molecular weight excluding hydrogens is 605 g/mol. The second-order valence-corrected chi connectivity index (χ2v) is 22.4. The number of carbonyl (C=O) groups excluding carboxylic acids is 4. The van der Waals surface area contributed by atoms with Crippen molar-refractivity contribution >= 4 is 39.1 Å². The van der Waals surface area contributed by atoms with Gasteiger partial charge in [-0.1, -0.05) is 39.9 Å². The van der Waals surface area contributed by atoms with Gasteiger partial charge in [-0.15, -0.1) is 0 Å². The Morgan fingerprint density at radius 3 is 2.39 bits per heavy atom. The van der Waals surface area contributed by atoms with Crippen LogP contribution >= 0.6 is 0 Å². The molecule has 2 saturated heterocycles. The summed E-state index contributed by atoms with van der Waals surface area (Å²) in [6, 6.07) is -1.48. The number of rotatable bonds is 12. The Morgan fingerprint density at radius 2 is 1.78 bits per heavy atom. The van der Waals surface area contributed by atoms with Gasteiger partial charge in [-0.05, 0) is 89.5 Å². The van der Waals surface area contributed by atoms with Crippen molar-refractivity contribution in [2.45, 2.75) is 148 Å². The molecule has 2 aliphatic heterocycles. The minimum Gasteiger partial charge on any atom is -0.444 e. The van der Waals surface area contributed by atoms with Crippen LogP contribution in [0.3, 0.4) is 0 Å². The molecule has 5 rings (SSSR count). The number of amides is 5. The summed E-state index contributed by atoms with van der Waals surface area (Å²) in [7, 11) is -2.42. The Hall–Kier alpha value is -2.32. The first kappa shape index (κ1) is 36.5. The van der Waals surface area contributed by atoms with E-state index in [4.69, 9.17) is 19.8 Å². The summed E-state index contributed by atoms with van der Waals surface area (Å²) < 4.78 is 18.8. The van der Waals surface area contributed by atoms with Crippen molar-refractivity contribution in [2.75, 3.05) is 13.1 Å². The fourth-order valence-corrected chi connectivity index (χ4v) is 9.59. The van der Waals surface area contributed by atoms with Crippen LogP contribution in [0, 0.1) is 17.3 Å². The van der Waals surface area contributed by atoms with E-state index in [1.807, 2.05) is 0 Å². The third-order valence-electron chi connectivity index (χ3n) is 10.5. The number of carbonyl (C=O) groups is 4. The Bertz CT molecular complexity index is 1160. The normalized spacial score (nSPS) is 29.7. The van der Waals surface area contributed by atoms with Gasteiger partial charge in [-0.2, -0.15) is 0 Å². The summed E-state index contributed by atoms with van der Waals surface area (Å²) in [4.78, 5) is 53.5. The van der Waals surface area contributed by atoms with E-state index in [2.05, 4.69) is 56.4 Å². The number of hydrogen-bond donors (Lipinski definition) is 4. The van der Waals surface area contributed by atoms with Crippen molar-refractivity contribution in [3.63, 3.8) is 0 Å². The first-order valence-corrected chi connectivity index (χ1v) is 20.9. The molecule has 12 nitrogen and oxygen atoms in total. The van der Waals surface area contributed by atoms with E-state index >= 15 is 0 Å². The molecule has 0 aromatic rings. The van der Waals surface area contributed by atoms with E-state index in [1.54, 1.807) is 25.7 Å². The van der Waals surface area contributed by atoms with Crippen LogP contribution in [0.15, 0.2) is 0 Å². The summed E-state index contributed by atoms with van der Waals surface area (Å²) >= 11 is 0. The first-order valence-electron chi connectivity index (χ1n) is 17.2. The summed E-state index contributed by atoms with van der Waals surface area (Å²) in [6.07, 6.45) is 4.59. The van der Waals surface area contributed by atoms with Crippen molar-refractivity contribution in [1.82, 2.24) is 20.9 Å². The molecular formula is C32H58BN5O7Si. The van der Waals surface area contributed by atoms with Gasteiger partial charge >= 0.3 is 19.2 Å². The lowest BCUT2D eigenvalue weighted by molar-refractivity contribution is -0.199. The molecule has 0 spiro atoms. The van der Waals surface area contributed by atoms with Crippen molar-refractivity contribution in [1.29, 1.82) is 0 Å². The van der Waals surface area contributed by atoms with Crippen LogP contribution in [-0.2, 0) is 23.6 Å². The SMILES string of the molecule is CC(C)(C)OC(=O)N[C@H](C[Si](C)(C)C)C(=O)N1CCC[C@H]1C(=O)N[C@@H](CCCCNC(N)=O)B1O[C@@H]2C[C@@H]3C[C@@H](C3(C)C)[C@]2(C)O1. The molecule has 2 bridgehead atoms. The lowest BCUT2D eigenvalue weighted by atomic mass is 9.43. The van der Waals surface area contributed by atoms with Gasteiger partial charge in [-0.3, -0.25) is 9.59 Å². The molecule has 2 heterocycles. The van der Waals surface area contributed by atoms with Crippen LogP contribution in [0.25, 0.3) is 0 Å². The monoisotopic (exact) mass is 663 g/mol. The van der Waals surface area contributed by atoms with Crippen molar-refractivity contribution in [3.05, 3.63) is 0 Å². The Balaban J connectivity index is 1.47. The van der Waals surface area contributed by atoms with Crippen LogP contribution in [0.5, 0.6) is 0 Å². The quantitative estimate of drug-likeness (QED) is 0.182. The van der Waals surface area contributed by atoms with Crippen molar-refractivity contribution in [3.8, 4) is 0 Å². The van der Waals surface area contributed by atoms with Gasteiger partial charge in [0.1, 0.15) is 17.7 Å². The maximum atomic E-state index is 14.0. The van der Waals surface area contributed by atoms with Crippen molar-refractivity contribution in [2.24, 2.45) is 23.0 Å². The summed E-state index contributed by atoms with van der Waals surface area (Å²) in [5.74, 6) is 0.0517. The predicted molar refractivity (Wildman–Crippen MR) is 180 cm³/mol. The van der Waals surface area contributed by atoms with E-state index < -0.39 is 56.5 Å². The van der Waals surface area contributed by atoms with Crippen LogP contribution in [0.2, 0.25) is 25.7 Å². The van der Waals surface area contributed by atoms with Gasteiger partial charge < -0.3 is 40.6 Å². The minimum absolute atomic E-state index is 0.0315. The molecule has 5 amide bonds. The largest absolute Gasteiger partial charge is 0.481 e. The van der Waals surface area contributed by atoms with E-state index in [1.165, 1.54) is 0 Å². The van der Waals surface area contributed by atoms with E-state index in [0.717, 1.165) is 12.8 Å². The highest BCUT2D eigenvalue weighted by atomic mass is 28.3. The molecule has 0 aromatic heterocycles. The zero-order chi connectivity index (χ0) is 34.2. The fourth-order valence-electron chi connectivity index (χ4n) is 8.09. The van der Waals surface area contributed by atoms with Gasteiger partial charge in [0.05, 0.1) is 17.6 Å². The van der Waals surface area contributed by atoms with Gasteiger partial charge in [0.25, 0.3) is 0 Å². The average molecular weight is 664 g/mol. The summed E-state index contributed by atoms with van der Waals surface area (Å²) in [5, 5.41) is 8.66. The average Bonchev–Trinajstić information content (AvgIpc) is 3.53. The number of nitrogens with two attached hydrogens (primary N) is 1. The summed E-state index contributed by atoms with van der Waals surface area (Å²) in [5.41, 5.74) is 4.29. The standard InChI is InChI=1S/C32H58BN5O7Si/c1-30(2,3)43-29(42)36-21(19-46(7,8)9)27(40)38-16-12-13-22(38)26(39)37-25(14-10-11-15-35-28(34)41)33-44-24-18-20-17-23(31(20,4)5)32(24,6)45-33/h20-25H,10-19H2,1-9H3,(H,36,42)(H,37,39)(H3,34,35,41)/t20-,21+,22-,23-,24+,25-,32-/m0/s1. The Kier molecular flexibility index (Phi) is 10.8. The number of nitrogens with one attached hydrogen (secondary N) is 3. The van der Waals surface area contributed by atoms with E-state index in [9.17, 15) is 19.2 Å². The molecule has 260 valence electrons. The maximum absolute atomic E-state index is 14.0. The van der Waals surface area contributed by atoms with Gasteiger partial charge in [0.2, 0.25) is 11.8 Å². The molecule has 0 unspecified atom stereocenters. The Morgan fingerprint density at radius 1 is 1.09 bits per heavy atom. The number of hydrogen-bond acceptors (Lipinski definition) is 7. The first-order chi connectivity index (χ1) is 21.2. The van der Waals surface area contributed by atoms with Crippen LogP contribution < -0.4 is 21.7 Å². The topological polar surface area (TPSA) is 161 Å². The van der Waals surface area contributed by atoms with Gasteiger partial charge in [0, 0.05) is 21.2 Å². The second kappa shape index (κ2) is 13.7. The maximum Gasteiger partial charge on any atom is 0.481 e. The third kappa shape index (κ3) is 8.39. The van der Waals surface area contributed by atoms with Crippen LogP contribution in [-0.4, -0.2) is 92.5 Å². The third-order valence-corrected chi connectivity index (χ3v) is 12.1. The number of nitrogens with zero attached hydrogens (tertiary/aromatic N) is 1.